The number of para-hydroxylation sites is 1. The molecule has 0 amide bonds. The zero-order valence-corrected chi connectivity index (χ0v) is 16.6. The van der Waals surface area contributed by atoms with E-state index in [1.54, 1.807) is 0 Å². The van der Waals surface area contributed by atoms with Crippen molar-refractivity contribution in [3.8, 4) is 11.5 Å². The molecule has 1 aliphatic carbocycles. The van der Waals surface area contributed by atoms with Gasteiger partial charge in [0.25, 0.3) is 0 Å². The molecule has 4 heteroatoms. The van der Waals surface area contributed by atoms with E-state index in [2.05, 4.69) is 48.6 Å². The number of nitrogens with one attached hydrogen (secondary N) is 1. The Kier molecular flexibility index (Phi) is 8.27. The van der Waals surface area contributed by atoms with E-state index in [-0.39, 0.29) is 12.4 Å². The summed E-state index contributed by atoms with van der Waals surface area (Å²) in [4.78, 5) is 0. The van der Waals surface area contributed by atoms with E-state index in [4.69, 9.17) is 9.47 Å². The summed E-state index contributed by atoms with van der Waals surface area (Å²) in [5, 5.41) is 3.68. The largest absolute Gasteiger partial charge is 0.490 e. The summed E-state index contributed by atoms with van der Waals surface area (Å²) in [5.41, 5.74) is 3.61. The fraction of sp³-hybridized carbons (Fsp3) is 0.455. The van der Waals surface area contributed by atoms with E-state index in [0.717, 1.165) is 18.0 Å². The minimum Gasteiger partial charge on any atom is -0.490 e. The third kappa shape index (κ3) is 5.65. The second-order valence-electron chi connectivity index (χ2n) is 6.81. The molecule has 2 aromatic rings. The van der Waals surface area contributed by atoms with Crippen LogP contribution in [0.25, 0.3) is 0 Å². The SMILES string of the molecule is CCOc1cccc(CNC2CCCC2)c1OCc1ccc(C)cc1.Cl. The van der Waals surface area contributed by atoms with Gasteiger partial charge in [-0.25, -0.2) is 0 Å². The van der Waals surface area contributed by atoms with Crippen LogP contribution < -0.4 is 14.8 Å². The van der Waals surface area contributed by atoms with Gasteiger partial charge in [-0.3, -0.25) is 0 Å². The molecule has 0 aliphatic heterocycles. The predicted molar refractivity (Wildman–Crippen MR) is 109 cm³/mol. The monoisotopic (exact) mass is 375 g/mol. The molecule has 1 aliphatic rings. The molecule has 0 bridgehead atoms. The van der Waals surface area contributed by atoms with Gasteiger partial charge in [0.15, 0.2) is 11.5 Å². The first-order valence-electron chi connectivity index (χ1n) is 9.42. The summed E-state index contributed by atoms with van der Waals surface area (Å²) < 4.78 is 12.0. The smallest absolute Gasteiger partial charge is 0.166 e. The Morgan fingerprint density at radius 3 is 2.42 bits per heavy atom. The van der Waals surface area contributed by atoms with Gasteiger partial charge >= 0.3 is 0 Å². The highest BCUT2D eigenvalue weighted by Crippen LogP contribution is 2.32. The van der Waals surface area contributed by atoms with Crippen molar-refractivity contribution in [3.05, 3.63) is 59.2 Å². The highest BCUT2D eigenvalue weighted by Gasteiger charge is 2.16. The van der Waals surface area contributed by atoms with E-state index >= 15 is 0 Å². The lowest BCUT2D eigenvalue weighted by atomic mass is 10.1. The molecule has 1 N–H and O–H groups in total. The van der Waals surface area contributed by atoms with Crippen molar-refractivity contribution in [3.63, 3.8) is 0 Å². The fourth-order valence-electron chi connectivity index (χ4n) is 3.36. The molecule has 3 rings (SSSR count). The summed E-state index contributed by atoms with van der Waals surface area (Å²) in [6.07, 6.45) is 5.25. The van der Waals surface area contributed by atoms with Gasteiger partial charge in [0.05, 0.1) is 6.61 Å². The number of hydrogen-bond donors (Lipinski definition) is 1. The summed E-state index contributed by atoms with van der Waals surface area (Å²) in [6.45, 7) is 6.13. The molecule has 0 spiro atoms. The number of aryl methyl sites for hydroxylation is 1. The summed E-state index contributed by atoms with van der Waals surface area (Å²) in [5.74, 6) is 1.70. The van der Waals surface area contributed by atoms with Gasteiger partial charge in [-0.2, -0.15) is 0 Å². The molecule has 1 saturated carbocycles. The van der Waals surface area contributed by atoms with Crippen LogP contribution in [0.4, 0.5) is 0 Å². The molecule has 2 aromatic carbocycles. The maximum atomic E-state index is 6.20. The van der Waals surface area contributed by atoms with E-state index < -0.39 is 0 Å². The molecular weight excluding hydrogens is 346 g/mol. The third-order valence-corrected chi connectivity index (χ3v) is 4.80. The Hall–Kier alpha value is -1.71. The van der Waals surface area contributed by atoms with E-state index in [9.17, 15) is 0 Å². The lowest BCUT2D eigenvalue weighted by molar-refractivity contribution is 0.265. The van der Waals surface area contributed by atoms with Crippen LogP contribution in [0, 0.1) is 6.92 Å². The van der Waals surface area contributed by atoms with Crippen molar-refractivity contribution in [2.24, 2.45) is 0 Å². The molecule has 0 atom stereocenters. The van der Waals surface area contributed by atoms with Crippen LogP contribution in [-0.4, -0.2) is 12.6 Å². The molecule has 0 radical (unpaired) electrons. The average molecular weight is 376 g/mol. The maximum Gasteiger partial charge on any atom is 0.166 e. The van der Waals surface area contributed by atoms with Crippen molar-refractivity contribution in [1.82, 2.24) is 5.32 Å². The zero-order chi connectivity index (χ0) is 17.5. The van der Waals surface area contributed by atoms with Crippen LogP contribution >= 0.6 is 12.4 Å². The second kappa shape index (κ2) is 10.4. The summed E-state index contributed by atoms with van der Waals surface area (Å²) in [7, 11) is 0. The second-order valence-corrected chi connectivity index (χ2v) is 6.81. The Morgan fingerprint density at radius 1 is 1.00 bits per heavy atom. The highest BCUT2D eigenvalue weighted by molar-refractivity contribution is 5.85. The van der Waals surface area contributed by atoms with E-state index in [1.165, 1.54) is 42.4 Å². The molecule has 0 unspecified atom stereocenters. The van der Waals surface area contributed by atoms with Crippen LogP contribution in [0.3, 0.4) is 0 Å². The van der Waals surface area contributed by atoms with Gasteiger partial charge in [0.2, 0.25) is 0 Å². The number of hydrogen-bond acceptors (Lipinski definition) is 3. The molecule has 142 valence electrons. The zero-order valence-electron chi connectivity index (χ0n) is 15.8. The van der Waals surface area contributed by atoms with Crippen LogP contribution in [0.5, 0.6) is 11.5 Å². The Bertz CT molecular complexity index is 666. The van der Waals surface area contributed by atoms with Crippen LogP contribution in [0.2, 0.25) is 0 Å². The van der Waals surface area contributed by atoms with Crippen molar-refractivity contribution in [1.29, 1.82) is 0 Å². The molecular formula is C22H30ClNO2. The van der Waals surface area contributed by atoms with Gasteiger partial charge in [0, 0.05) is 18.2 Å². The normalized spacial score (nSPS) is 14.1. The lowest BCUT2D eigenvalue weighted by Crippen LogP contribution is -2.25. The first-order chi connectivity index (χ1) is 12.3. The number of ether oxygens (including phenoxy) is 2. The topological polar surface area (TPSA) is 30.5 Å². The summed E-state index contributed by atoms with van der Waals surface area (Å²) in [6, 6.07) is 15.3. The first-order valence-corrected chi connectivity index (χ1v) is 9.42. The minimum atomic E-state index is 0. The molecule has 26 heavy (non-hydrogen) atoms. The predicted octanol–water partition coefficient (Wildman–Crippen LogP) is 5.43. The maximum absolute atomic E-state index is 6.20. The van der Waals surface area contributed by atoms with Crippen molar-refractivity contribution < 1.29 is 9.47 Å². The van der Waals surface area contributed by atoms with Crippen LogP contribution in [0.1, 0.15) is 49.3 Å². The van der Waals surface area contributed by atoms with Gasteiger partial charge in [0.1, 0.15) is 6.61 Å². The number of benzene rings is 2. The van der Waals surface area contributed by atoms with Gasteiger partial charge in [-0.15, -0.1) is 12.4 Å². The highest BCUT2D eigenvalue weighted by atomic mass is 35.5. The number of rotatable bonds is 8. The van der Waals surface area contributed by atoms with Crippen LogP contribution in [0.15, 0.2) is 42.5 Å². The minimum absolute atomic E-state index is 0. The lowest BCUT2D eigenvalue weighted by Gasteiger charge is -2.18. The average Bonchev–Trinajstić information content (AvgIpc) is 3.14. The molecule has 3 nitrogen and oxygen atoms in total. The molecule has 1 fully saturated rings. The first kappa shape index (κ1) is 20.6. The summed E-state index contributed by atoms with van der Waals surface area (Å²) >= 11 is 0. The third-order valence-electron chi connectivity index (χ3n) is 4.80. The Morgan fingerprint density at radius 2 is 1.73 bits per heavy atom. The van der Waals surface area contributed by atoms with E-state index in [1.807, 2.05) is 13.0 Å². The fourth-order valence-corrected chi connectivity index (χ4v) is 3.36. The Balaban J connectivity index is 0.00000243. The molecule has 0 heterocycles. The van der Waals surface area contributed by atoms with Crippen molar-refractivity contribution >= 4 is 12.4 Å². The molecule has 0 aromatic heterocycles. The van der Waals surface area contributed by atoms with E-state index in [0.29, 0.717) is 19.3 Å². The Labute approximate surface area is 163 Å². The molecule has 0 saturated heterocycles. The van der Waals surface area contributed by atoms with Crippen molar-refractivity contribution in [2.75, 3.05) is 6.61 Å². The van der Waals surface area contributed by atoms with Gasteiger partial charge in [-0.05, 0) is 38.3 Å². The van der Waals surface area contributed by atoms with Crippen molar-refractivity contribution in [2.45, 2.75) is 58.7 Å². The van der Waals surface area contributed by atoms with Gasteiger partial charge in [-0.1, -0.05) is 54.8 Å². The van der Waals surface area contributed by atoms with Crippen LogP contribution in [-0.2, 0) is 13.2 Å². The standard InChI is InChI=1S/C22H29NO2.ClH/c1-3-24-21-10-6-7-19(15-23-20-8-4-5-9-20)22(21)25-16-18-13-11-17(2)12-14-18;/h6-7,10-14,20,23H,3-5,8-9,15-16H2,1-2H3;1H. The quantitative estimate of drug-likeness (QED) is 0.667. The number of halogens is 1. The van der Waals surface area contributed by atoms with Gasteiger partial charge < -0.3 is 14.8 Å².